The summed E-state index contributed by atoms with van der Waals surface area (Å²) in [6, 6.07) is 9.84. The normalized spacial score (nSPS) is 11.6. The largest absolute Gasteiger partial charge is 0.372 e. The lowest BCUT2D eigenvalue weighted by atomic mass is 10.1. The van der Waals surface area contributed by atoms with Gasteiger partial charge in [-0.05, 0) is 43.5 Å². The van der Waals surface area contributed by atoms with Gasteiger partial charge >= 0.3 is 0 Å². The predicted molar refractivity (Wildman–Crippen MR) is 115 cm³/mol. The number of carbonyl (C=O) groups is 2. The van der Waals surface area contributed by atoms with Crippen LogP contribution in [0.25, 0.3) is 16.5 Å². The molecule has 0 unspecified atom stereocenters. The Kier molecular flexibility index (Phi) is 7.92. The van der Waals surface area contributed by atoms with Gasteiger partial charge in [-0.25, -0.2) is 0 Å². The summed E-state index contributed by atoms with van der Waals surface area (Å²) in [6.07, 6.45) is 9.66. The molecule has 2 aromatic heterocycles. The summed E-state index contributed by atoms with van der Waals surface area (Å²) in [4.78, 5) is 21.3. The number of aromatic amines is 1. The number of fused-ring (bicyclic) bond motifs is 1. The van der Waals surface area contributed by atoms with Gasteiger partial charge in [-0.15, -0.1) is 11.3 Å². The number of thiophene rings is 1. The lowest BCUT2D eigenvalue weighted by Gasteiger charge is -2.01. The molecule has 0 bridgehead atoms. The molecule has 4 N–H and O–H groups in total. The first-order chi connectivity index (χ1) is 13.6. The number of nitrogens with one attached hydrogen (secondary N) is 2. The van der Waals surface area contributed by atoms with Crippen molar-refractivity contribution in [3.63, 3.8) is 0 Å². The Morgan fingerprint density at radius 1 is 1.32 bits per heavy atom. The van der Waals surface area contributed by atoms with Crippen LogP contribution in [-0.2, 0) is 4.79 Å². The van der Waals surface area contributed by atoms with E-state index in [0.29, 0.717) is 4.88 Å². The van der Waals surface area contributed by atoms with E-state index in [4.69, 9.17) is 4.79 Å². The van der Waals surface area contributed by atoms with E-state index in [1.54, 1.807) is 12.3 Å². The summed E-state index contributed by atoms with van der Waals surface area (Å²) in [5.41, 5.74) is 8.11. The lowest BCUT2D eigenvalue weighted by Crippen LogP contribution is -2.15. The molecule has 0 fully saturated rings. The van der Waals surface area contributed by atoms with Crippen LogP contribution in [0.5, 0.6) is 0 Å². The molecule has 144 valence electrons. The van der Waals surface area contributed by atoms with Crippen molar-refractivity contribution in [3.8, 4) is 0 Å². The van der Waals surface area contributed by atoms with Crippen LogP contribution in [0.2, 0.25) is 0 Å². The minimum absolute atomic E-state index is 0.112. The summed E-state index contributed by atoms with van der Waals surface area (Å²) in [6.45, 7) is 4.02. The average molecular weight is 395 g/mol. The molecule has 0 aliphatic heterocycles. The number of primary amides is 1. The summed E-state index contributed by atoms with van der Waals surface area (Å²) in [7, 11) is 0. The van der Waals surface area contributed by atoms with Crippen molar-refractivity contribution in [3.05, 3.63) is 82.4 Å². The monoisotopic (exact) mass is 394 g/mol. The Balaban J connectivity index is 0.000000878. The van der Waals surface area contributed by atoms with E-state index in [1.165, 1.54) is 16.9 Å². The summed E-state index contributed by atoms with van der Waals surface area (Å²) < 4.78 is 0. The van der Waals surface area contributed by atoms with Crippen LogP contribution in [0.15, 0.2) is 66.2 Å². The SMILES string of the molecule is C\C=C/C=C(\C=C\NC(=O)c1cccs1)c1n[nH]c2ccc(C)cc12.NC=O. The van der Waals surface area contributed by atoms with Crippen LogP contribution < -0.4 is 11.1 Å². The maximum Gasteiger partial charge on any atom is 0.265 e. The second kappa shape index (κ2) is 10.6. The van der Waals surface area contributed by atoms with Crippen LogP contribution >= 0.6 is 11.3 Å². The topological polar surface area (TPSA) is 101 Å². The zero-order chi connectivity index (χ0) is 20.4. The molecule has 0 atom stereocenters. The first kappa shape index (κ1) is 20.9. The molecule has 0 aliphatic rings. The fourth-order valence-corrected chi connectivity index (χ4v) is 3.07. The maximum atomic E-state index is 12.0. The summed E-state index contributed by atoms with van der Waals surface area (Å²) in [5.74, 6) is -0.112. The van der Waals surface area contributed by atoms with E-state index in [-0.39, 0.29) is 12.3 Å². The molecule has 0 saturated heterocycles. The number of allylic oxidation sites excluding steroid dienone is 5. The van der Waals surface area contributed by atoms with E-state index < -0.39 is 0 Å². The Morgan fingerprint density at radius 3 is 2.79 bits per heavy atom. The number of aryl methyl sites for hydroxylation is 1. The Hall–Kier alpha value is -3.45. The minimum Gasteiger partial charge on any atom is -0.372 e. The second-order valence-corrected chi connectivity index (χ2v) is 6.64. The molecule has 6 nitrogen and oxygen atoms in total. The van der Waals surface area contributed by atoms with Crippen molar-refractivity contribution in [1.82, 2.24) is 15.5 Å². The number of hydrogen-bond acceptors (Lipinski definition) is 4. The molecule has 7 heteroatoms. The van der Waals surface area contributed by atoms with Crippen LogP contribution in [0.4, 0.5) is 0 Å². The molecule has 2 heterocycles. The van der Waals surface area contributed by atoms with Gasteiger partial charge in [-0.1, -0.05) is 35.9 Å². The van der Waals surface area contributed by atoms with E-state index in [1.807, 2.05) is 48.7 Å². The summed E-state index contributed by atoms with van der Waals surface area (Å²) >= 11 is 1.42. The quantitative estimate of drug-likeness (QED) is 0.451. The van der Waals surface area contributed by atoms with Gasteiger partial charge in [0.25, 0.3) is 5.91 Å². The predicted octanol–water partition coefficient (Wildman–Crippen LogP) is 3.94. The van der Waals surface area contributed by atoms with E-state index in [0.717, 1.165) is 22.2 Å². The third-order valence-corrected chi connectivity index (χ3v) is 4.55. The number of nitrogens with zero attached hydrogens (tertiary/aromatic N) is 1. The number of H-pyrrole nitrogens is 1. The lowest BCUT2D eigenvalue weighted by molar-refractivity contribution is -0.106. The van der Waals surface area contributed by atoms with Gasteiger partial charge in [0.15, 0.2) is 0 Å². The van der Waals surface area contributed by atoms with Crippen LogP contribution in [-0.4, -0.2) is 22.5 Å². The Morgan fingerprint density at radius 2 is 2.11 bits per heavy atom. The molecule has 28 heavy (non-hydrogen) atoms. The van der Waals surface area contributed by atoms with Crippen LogP contribution in [0, 0.1) is 6.92 Å². The van der Waals surface area contributed by atoms with E-state index in [2.05, 4.69) is 40.3 Å². The first-order valence-electron chi connectivity index (χ1n) is 8.55. The van der Waals surface area contributed by atoms with Gasteiger partial charge in [0.1, 0.15) is 0 Å². The number of nitrogens with two attached hydrogens (primary N) is 1. The molecule has 0 aliphatic carbocycles. The van der Waals surface area contributed by atoms with Gasteiger partial charge in [0.2, 0.25) is 6.41 Å². The number of amides is 2. The Bertz CT molecular complexity index is 1010. The number of hydrogen-bond donors (Lipinski definition) is 3. The molecule has 0 saturated carbocycles. The molecule has 0 spiro atoms. The van der Waals surface area contributed by atoms with Crippen molar-refractivity contribution < 1.29 is 9.59 Å². The zero-order valence-electron chi connectivity index (χ0n) is 15.7. The van der Waals surface area contributed by atoms with Gasteiger partial charge in [-0.2, -0.15) is 5.10 Å². The average Bonchev–Trinajstić information content (AvgIpc) is 3.35. The number of benzene rings is 1. The highest BCUT2D eigenvalue weighted by Crippen LogP contribution is 2.24. The molecule has 3 rings (SSSR count). The van der Waals surface area contributed by atoms with E-state index in [9.17, 15) is 4.79 Å². The fourth-order valence-electron chi connectivity index (χ4n) is 2.45. The number of rotatable bonds is 5. The van der Waals surface area contributed by atoms with Gasteiger partial charge < -0.3 is 11.1 Å². The highest BCUT2D eigenvalue weighted by molar-refractivity contribution is 7.12. The molecule has 3 aromatic rings. The highest BCUT2D eigenvalue weighted by Gasteiger charge is 2.09. The van der Waals surface area contributed by atoms with Crippen molar-refractivity contribution in [1.29, 1.82) is 0 Å². The van der Waals surface area contributed by atoms with Gasteiger partial charge in [0.05, 0.1) is 16.1 Å². The maximum absolute atomic E-state index is 12.0. The van der Waals surface area contributed by atoms with Crippen molar-refractivity contribution in [2.75, 3.05) is 0 Å². The molecule has 1 aromatic carbocycles. The minimum atomic E-state index is -0.112. The molecule has 2 amide bonds. The smallest absolute Gasteiger partial charge is 0.265 e. The third-order valence-electron chi connectivity index (χ3n) is 3.68. The number of aromatic nitrogens is 2. The first-order valence-corrected chi connectivity index (χ1v) is 9.43. The van der Waals surface area contributed by atoms with Crippen molar-refractivity contribution in [2.24, 2.45) is 5.73 Å². The third kappa shape index (κ3) is 5.52. The van der Waals surface area contributed by atoms with Gasteiger partial charge in [-0.3, -0.25) is 14.7 Å². The second-order valence-electron chi connectivity index (χ2n) is 5.69. The van der Waals surface area contributed by atoms with Gasteiger partial charge in [0, 0.05) is 17.2 Å². The van der Waals surface area contributed by atoms with Crippen molar-refractivity contribution in [2.45, 2.75) is 13.8 Å². The molecular weight excluding hydrogens is 372 g/mol. The zero-order valence-corrected chi connectivity index (χ0v) is 16.5. The van der Waals surface area contributed by atoms with E-state index >= 15 is 0 Å². The number of carbonyl (C=O) groups excluding carboxylic acids is 2. The Labute approximate surface area is 167 Å². The molecule has 0 radical (unpaired) electrons. The fraction of sp³-hybridized carbons (Fsp3) is 0.0952. The van der Waals surface area contributed by atoms with Crippen LogP contribution in [0.3, 0.4) is 0 Å². The summed E-state index contributed by atoms with van der Waals surface area (Å²) in [5, 5.41) is 13.3. The highest BCUT2D eigenvalue weighted by atomic mass is 32.1. The standard InChI is InChI=1S/C20H19N3OS.CH3NO/c1-3-4-6-15(10-11-21-20(24)18-7-5-12-25-18)19-16-13-14(2)8-9-17(16)22-23-19;2-1-3/h3-13H,1-2H3,(H,21,24)(H,22,23);1H,(H2,2,3)/b4-3-,11-10+,15-6+;. The van der Waals surface area contributed by atoms with Crippen LogP contribution in [0.1, 0.15) is 27.9 Å². The molecular formula is C21H22N4O2S. The van der Waals surface area contributed by atoms with Crippen molar-refractivity contribution >= 4 is 40.1 Å².